The second-order valence-electron chi connectivity index (χ2n) is 6.99. The minimum absolute atomic E-state index is 0.0373. The Labute approximate surface area is 150 Å². The van der Waals surface area contributed by atoms with Crippen LogP contribution in [-0.4, -0.2) is 55.7 Å². The van der Waals surface area contributed by atoms with Crippen molar-refractivity contribution in [3.63, 3.8) is 0 Å². The van der Waals surface area contributed by atoms with E-state index in [1.807, 2.05) is 13.8 Å². The van der Waals surface area contributed by atoms with Crippen molar-refractivity contribution in [2.45, 2.75) is 46.5 Å². The first-order valence-corrected chi connectivity index (χ1v) is 9.15. The Morgan fingerprint density at radius 1 is 1.40 bits per heavy atom. The normalized spacial score (nSPS) is 22.2. The minimum atomic E-state index is -0.0373. The van der Waals surface area contributed by atoms with Gasteiger partial charge in [0.1, 0.15) is 5.76 Å². The molecular weight excluding hydrogens is 320 g/mol. The predicted molar refractivity (Wildman–Crippen MR) is 97.9 cm³/mol. The van der Waals surface area contributed by atoms with Crippen LogP contribution in [0.25, 0.3) is 0 Å². The van der Waals surface area contributed by atoms with E-state index in [2.05, 4.69) is 29.6 Å². The lowest BCUT2D eigenvalue weighted by molar-refractivity contribution is 0.131. The molecule has 2 atom stereocenters. The molecule has 1 aromatic heterocycles. The van der Waals surface area contributed by atoms with Crippen molar-refractivity contribution < 1.29 is 14.4 Å². The van der Waals surface area contributed by atoms with Gasteiger partial charge in [0, 0.05) is 43.2 Å². The molecule has 1 fully saturated rings. The number of aromatic nitrogens is 1. The van der Waals surface area contributed by atoms with Gasteiger partial charge in [-0.25, -0.2) is 0 Å². The van der Waals surface area contributed by atoms with Crippen LogP contribution in [0.4, 0.5) is 0 Å². The van der Waals surface area contributed by atoms with Crippen LogP contribution in [0, 0.1) is 19.3 Å². The van der Waals surface area contributed by atoms with Crippen molar-refractivity contribution in [1.82, 2.24) is 15.8 Å². The zero-order valence-electron chi connectivity index (χ0n) is 15.9. The van der Waals surface area contributed by atoms with Gasteiger partial charge in [-0.2, -0.15) is 0 Å². The summed E-state index contributed by atoms with van der Waals surface area (Å²) in [6.45, 7) is 11.9. The van der Waals surface area contributed by atoms with Crippen molar-refractivity contribution in [3.8, 4) is 0 Å². The van der Waals surface area contributed by atoms with Crippen LogP contribution in [0.1, 0.15) is 49.6 Å². The summed E-state index contributed by atoms with van der Waals surface area (Å²) in [5.74, 6) is 1.94. The molecule has 25 heavy (non-hydrogen) atoms. The fourth-order valence-electron chi connectivity index (χ4n) is 3.42. The highest BCUT2D eigenvalue weighted by Gasteiger charge is 2.34. The van der Waals surface area contributed by atoms with Gasteiger partial charge in [0.15, 0.2) is 5.96 Å². The third kappa shape index (κ3) is 5.19. The van der Waals surface area contributed by atoms with Gasteiger partial charge in [-0.3, -0.25) is 4.99 Å². The summed E-state index contributed by atoms with van der Waals surface area (Å²) in [5, 5.41) is 20.1. The molecule has 2 rings (SSSR count). The van der Waals surface area contributed by atoms with Crippen LogP contribution < -0.4 is 10.6 Å². The van der Waals surface area contributed by atoms with Crippen molar-refractivity contribution >= 4 is 5.96 Å². The molecule has 0 saturated carbocycles. The van der Waals surface area contributed by atoms with Crippen LogP contribution in [0.2, 0.25) is 0 Å². The van der Waals surface area contributed by atoms with Gasteiger partial charge < -0.3 is 25.0 Å². The predicted octanol–water partition coefficient (Wildman–Crippen LogP) is 1.74. The fraction of sp³-hybridized carbons (Fsp3) is 0.778. The lowest BCUT2D eigenvalue weighted by Crippen LogP contribution is -2.40. The summed E-state index contributed by atoms with van der Waals surface area (Å²) in [6, 6.07) is 0. The molecule has 7 heteroatoms. The van der Waals surface area contributed by atoms with Gasteiger partial charge in [0.25, 0.3) is 0 Å². The molecule has 0 spiro atoms. The molecule has 1 aliphatic rings. The van der Waals surface area contributed by atoms with E-state index in [1.165, 1.54) is 0 Å². The molecule has 1 saturated heterocycles. The van der Waals surface area contributed by atoms with Gasteiger partial charge in [0.2, 0.25) is 0 Å². The summed E-state index contributed by atoms with van der Waals surface area (Å²) in [6.07, 6.45) is 1.68. The van der Waals surface area contributed by atoms with E-state index in [0.29, 0.717) is 13.2 Å². The molecule has 0 radical (unpaired) electrons. The Balaban J connectivity index is 1.97. The number of aliphatic hydroxyl groups excluding tert-OH is 1. The first kappa shape index (κ1) is 19.7. The minimum Gasteiger partial charge on any atom is -0.396 e. The maximum atomic E-state index is 9.34. The standard InChI is InChI=1S/C18H32N4O3/c1-5-19-17(21-11-18(6-8-23)7-9-24-12-18)20-10-13(2)16-14(3)22-25-15(16)4/h13,23H,5-12H2,1-4H3,(H2,19,20,21). The highest BCUT2D eigenvalue weighted by Crippen LogP contribution is 2.32. The zero-order chi connectivity index (χ0) is 18.3. The number of nitrogens with one attached hydrogen (secondary N) is 2. The molecule has 2 unspecified atom stereocenters. The van der Waals surface area contributed by atoms with E-state index in [4.69, 9.17) is 14.3 Å². The van der Waals surface area contributed by atoms with Crippen LogP contribution in [0.5, 0.6) is 0 Å². The topological polar surface area (TPSA) is 91.9 Å². The monoisotopic (exact) mass is 352 g/mol. The van der Waals surface area contributed by atoms with E-state index >= 15 is 0 Å². The van der Waals surface area contributed by atoms with Crippen molar-refractivity contribution in [1.29, 1.82) is 0 Å². The summed E-state index contributed by atoms with van der Waals surface area (Å²) in [4.78, 5) is 4.75. The number of ether oxygens (including phenoxy) is 1. The highest BCUT2D eigenvalue weighted by atomic mass is 16.5. The van der Waals surface area contributed by atoms with Crippen LogP contribution in [0.15, 0.2) is 9.52 Å². The quantitative estimate of drug-likeness (QED) is 0.488. The van der Waals surface area contributed by atoms with Crippen molar-refractivity contribution in [2.24, 2.45) is 10.4 Å². The molecular formula is C18H32N4O3. The molecule has 2 heterocycles. The van der Waals surface area contributed by atoms with Crippen LogP contribution >= 0.6 is 0 Å². The lowest BCUT2D eigenvalue weighted by atomic mass is 9.84. The average molecular weight is 352 g/mol. The Bertz CT molecular complexity index is 545. The van der Waals surface area contributed by atoms with Crippen molar-refractivity contribution in [2.75, 3.05) is 39.5 Å². The third-order valence-electron chi connectivity index (χ3n) is 4.90. The van der Waals surface area contributed by atoms with Crippen LogP contribution in [-0.2, 0) is 4.74 Å². The third-order valence-corrected chi connectivity index (χ3v) is 4.90. The smallest absolute Gasteiger partial charge is 0.191 e. The molecule has 7 nitrogen and oxygen atoms in total. The fourth-order valence-corrected chi connectivity index (χ4v) is 3.42. The summed E-state index contributed by atoms with van der Waals surface area (Å²) >= 11 is 0. The summed E-state index contributed by atoms with van der Waals surface area (Å²) in [5.41, 5.74) is 2.06. The number of aliphatic hydroxyl groups is 1. The van der Waals surface area contributed by atoms with E-state index in [0.717, 1.165) is 55.5 Å². The molecule has 142 valence electrons. The van der Waals surface area contributed by atoms with E-state index in [9.17, 15) is 5.11 Å². The van der Waals surface area contributed by atoms with E-state index < -0.39 is 0 Å². The van der Waals surface area contributed by atoms with E-state index in [1.54, 1.807) is 0 Å². The number of hydrogen-bond acceptors (Lipinski definition) is 5. The molecule has 0 bridgehead atoms. The Morgan fingerprint density at radius 3 is 2.76 bits per heavy atom. The molecule has 0 aromatic carbocycles. The second-order valence-corrected chi connectivity index (χ2v) is 6.99. The first-order valence-electron chi connectivity index (χ1n) is 9.15. The summed E-state index contributed by atoms with van der Waals surface area (Å²) in [7, 11) is 0. The van der Waals surface area contributed by atoms with E-state index in [-0.39, 0.29) is 17.9 Å². The largest absolute Gasteiger partial charge is 0.396 e. The van der Waals surface area contributed by atoms with Gasteiger partial charge in [-0.05, 0) is 33.6 Å². The number of aryl methyl sites for hydroxylation is 2. The van der Waals surface area contributed by atoms with Crippen LogP contribution in [0.3, 0.4) is 0 Å². The second kappa shape index (κ2) is 9.20. The maximum absolute atomic E-state index is 9.34. The molecule has 0 amide bonds. The average Bonchev–Trinajstić information content (AvgIpc) is 3.17. The zero-order valence-corrected chi connectivity index (χ0v) is 15.9. The Morgan fingerprint density at radius 2 is 2.20 bits per heavy atom. The maximum Gasteiger partial charge on any atom is 0.191 e. The number of hydrogen-bond donors (Lipinski definition) is 3. The molecule has 3 N–H and O–H groups in total. The number of nitrogens with zero attached hydrogens (tertiary/aromatic N) is 2. The van der Waals surface area contributed by atoms with Crippen molar-refractivity contribution in [3.05, 3.63) is 17.0 Å². The number of guanidine groups is 1. The number of rotatable bonds is 8. The number of aliphatic imine (C=N–C) groups is 1. The first-order chi connectivity index (χ1) is 12.0. The summed E-state index contributed by atoms with van der Waals surface area (Å²) < 4.78 is 10.8. The van der Waals surface area contributed by atoms with Gasteiger partial charge in [0.05, 0.1) is 18.8 Å². The SMILES string of the molecule is CCNC(=NCC1(CCO)CCOC1)NCC(C)c1c(C)noc1C. The Hall–Kier alpha value is -1.60. The van der Waals surface area contributed by atoms with Gasteiger partial charge >= 0.3 is 0 Å². The molecule has 1 aliphatic heterocycles. The lowest BCUT2D eigenvalue weighted by Gasteiger charge is -2.25. The molecule has 0 aliphatic carbocycles. The van der Waals surface area contributed by atoms with Gasteiger partial charge in [-0.15, -0.1) is 0 Å². The van der Waals surface area contributed by atoms with Gasteiger partial charge in [-0.1, -0.05) is 12.1 Å². The Kier molecular flexibility index (Phi) is 7.25. The highest BCUT2D eigenvalue weighted by molar-refractivity contribution is 5.79. The molecule has 1 aromatic rings.